The van der Waals surface area contributed by atoms with E-state index < -0.39 is 0 Å². The second-order valence-electron chi connectivity index (χ2n) is 5.92. The predicted octanol–water partition coefficient (Wildman–Crippen LogP) is 2.43. The second kappa shape index (κ2) is 5.96. The largest absolute Gasteiger partial charge is 0.466 e. The van der Waals surface area contributed by atoms with E-state index in [4.69, 9.17) is 4.74 Å². The van der Waals surface area contributed by atoms with Crippen molar-refractivity contribution in [1.29, 1.82) is 0 Å². The molecule has 1 heterocycles. The van der Waals surface area contributed by atoms with Crippen molar-refractivity contribution in [3.8, 4) is 0 Å². The molecule has 0 aromatic heterocycles. The number of likely N-dealkylation sites (tertiary alicyclic amines) is 1. The Morgan fingerprint density at radius 3 is 2.65 bits per heavy atom. The van der Waals surface area contributed by atoms with Crippen molar-refractivity contribution < 1.29 is 9.53 Å². The summed E-state index contributed by atoms with van der Waals surface area (Å²) in [7, 11) is 0. The number of rotatable bonds is 3. The Hall–Kier alpha value is -1.35. The highest BCUT2D eigenvalue weighted by atomic mass is 16.5. The van der Waals surface area contributed by atoms with Crippen molar-refractivity contribution in [2.24, 2.45) is 5.92 Å². The fraction of sp³-hybridized carbons (Fsp3) is 0.588. The minimum absolute atomic E-state index is 0.00675. The standard InChI is InChI=1S/C17H23NO2/c1-2-20-17(19)15-8-5-9-18(12-15)16-10-13-6-3-4-7-14(13)11-16/h3-4,6-7,15-16H,2,5,8-12H2,1H3/t15-/m0/s1. The lowest BCUT2D eigenvalue weighted by Gasteiger charge is -2.35. The van der Waals surface area contributed by atoms with Gasteiger partial charge in [-0.25, -0.2) is 0 Å². The average Bonchev–Trinajstić information content (AvgIpc) is 2.91. The number of carbonyl (C=O) groups excluding carboxylic acids is 1. The molecule has 0 saturated carbocycles. The zero-order chi connectivity index (χ0) is 13.9. The molecule has 108 valence electrons. The van der Waals surface area contributed by atoms with Crippen molar-refractivity contribution in [3.05, 3.63) is 35.4 Å². The number of benzene rings is 1. The monoisotopic (exact) mass is 273 g/mol. The maximum absolute atomic E-state index is 11.9. The van der Waals surface area contributed by atoms with Crippen LogP contribution in [0, 0.1) is 5.92 Å². The molecule has 1 atom stereocenters. The third kappa shape index (κ3) is 2.73. The molecule has 1 aliphatic carbocycles. The van der Waals surface area contributed by atoms with Gasteiger partial charge in [0.25, 0.3) is 0 Å². The molecule has 2 aliphatic rings. The normalized spacial score (nSPS) is 23.6. The van der Waals surface area contributed by atoms with Crippen molar-refractivity contribution in [2.75, 3.05) is 19.7 Å². The minimum atomic E-state index is -0.00675. The van der Waals surface area contributed by atoms with E-state index in [1.807, 2.05) is 6.92 Å². The third-order valence-corrected chi connectivity index (χ3v) is 4.62. The summed E-state index contributed by atoms with van der Waals surface area (Å²) in [6, 6.07) is 9.30. The number of nitrogens with zero attached hydrogens (tertiary/aromatic N) is 1. The van der Waals surface area contributed by atoms with Gasteiger partial charge in [-0.05, 0) is 50.3 Å². The fourth-order valence-electron chi connectivity index (χ4n) is 3.58. The summed E-state index contributed by atoms with van der Waals surface area (Å²) < 4.78 is 5.19. The Bertz CT molecular complexity index is 461. The van der Waals surface area contributed by atoms with Crippen LogP contribution in [0.4, 0.5) is 0 Å². The average molecular weight is 273 g/mol. The topological polar surface area (TPSA) is 29.5 Å². The van der Waals surface area contributed by atoms with Gasteiger partial charge in [-0.2, -0.15) is 0 Å². The first kappa shape index (κ1) is 13.6. The highest BCUT2D eigenvalue weighted by Crippen LogP contribution is 2.29. The zero-order valence-corrected chi connectivity index (χ0v) is 12.2. The number of ether oxygens (including phenoxy) is 1. The zero-order valence-electron chi connectivity index (χ0n) is 12.2. The minimum Gasteiger partial charge on any atom is -0.466 e. The van der Waals surface area contributed by atoms with E-state index in [1.165, 1.54) is 11.1 Å². The van der Waals surface area contributed by atoms with Crippen LogP contribution in [0.15, 0.2) is 24.3 Å². The first-order valence-corrected chi connectivity index (χ1v) is 7.75. The number of carbonyl (C=O) groups is 1. The summed E-state index contributed by atoms with van der Waals surface area (Å²) in [5.74, 6) is 0.0696. The summed E-state index contributed by atoms with van der Waals surface area (Å²) in [6.45, 7) is 4.36. The number of fused-ring (bicyclic) bond motifs is 1. The van der Waals surface area contributed by atoms with Crippen LogP contribution in [0.1, 0.15) is 30.9 Å². The van der Waals surface area contributed by atoms with Gasteiger partial charge in [-0.3, -0.25) is 9.69 Å². The molecule has 1 fully saturated rings. The van der Waals surface area contributed by atoms with Crippen LogP contribution in [0.3, 0.4) is 0 Å². The van der Waals surface area contributed by atoms with Crippen molar-refractivity contribution >= 4 is 5.97 Å². The van der Waals surface area contributed by atoms with Gasteiger partial charge < -0.3 is 4.74 Å². The van der Waals surface area contributed by atoms with E-state index in [9.17, 15) is 4.79 Å². The molecule has 0 radical (unpaired) electrons. The van der Waals surface area contributed by atoms with Gasteiger partial charge in [-0.1, -0.05) is 24.3 Å². The number of esters is 1. The smallest absolute Gasteiger partial charge is 0.310 e. The molecule has 20 heavy (non-hydrogen) atoms. The third-order valence-electron chi connectivity index (χ3n) is 4.62. The Balaban J connectivity index is 1.63. The summed E-state index contributed by atoms with van der Waals surface area (Å²) in [5.41, 5.74) is 2.96. The van der Waals surface area contributed by atoms with E-state index in [-0.39, 0.29) is 11.9 Å². The van der Waals surface area contributed by atoms with Crippen LogP contribution in [-0.4, -0.2) is 36.6 Å². The van der Waals surface area contributed by atoms with E-state index in [1.54, 1.807) is 0 Å². The van der Waals surface area contributed by atoms with Gasteiger partial charge in [0.15, 0.2) is 0 Å². The first-order chi connectivity index (χ1) is 9.78. The van der Waals surface area contributed by atoms with Gasteiger partial charge >= 0.3 is 5.97 Å². The maximum Gasteiger partial charge on any atom is 0.310 e. The predicted molar refractivity (Wildman–Crippen MR) is 78.6 cm³/mol. The molecule has 0 amide bonds. The lowest BCUT2D eigenvalue weighted by molar-refractivity contribution is -0.150. The van der Waals surface area contributed by atoms with Crippen LogP contribution in [0.2, 0.25) is 0 Å². The van der Waals surface area contributed by atoms with Gasteiger partial charge in [-0.15, -0.1) is 0 Å². The quantitative estimate of drug-likeness (QED) is 0.792. The summed E-state index contributed by atoms with van der Waals surface area (Å²) in [5, 5.41) is 0. The SMILES string of the molecule is CCOC(=O)[C@H]1CCCN(C2Cc3ccccc3C2)C1. The van der Waals surface area contributed by atoms with Gasteiger partial charge in [0.1, 0.15) is 0 Å². The van der Waals surface area contributed by atoms with Crippen molar-refractivity contribution in [2.45, 2.75) is 38.6 Å². The Morgan fingerprint density at radius 2 is 2.00 bits per heavy atom. The molecular weight excluding hydrogens is 250 g/mol. The molecule has 0 bridgehead atoms. The lowest BCUT2D eigenvalue weighted by atomic mass is 9.96. The summed E-state index contributed by atoms with van der Waals surface area (Å²) in [4.78, 5) is 14.4. The Morgan fingerprint density at radius 1 is 1.30 bits per heavy atom. The molecule has 0 unspecified atom stereocenters. The van der Waals surface area contributed by atoms with E-state index >= 15 is 0 Å². The molecule has 1 aliphatic heterocycles. The summed E-state index contributed by atoms with van der Waals surface area (Å²) >= 11 is 0. The Kier molecular flexibility index (Phi) is 4.06. The highest BCUT2D eigenvalue weighted by Gasteiger charge is 2.33. The van der Waals surface area contributed by atoms with Crippen molar-refractivity contribution in [1.82, 2.24) is 4.90 Å². The molecule has 1 aromatic rings. The van der Waals surface area contributed by atoms with Gasteiger partial charge in [0, 0.05) is 12.6 Å². The molecule has 0 spiro atoms. The van der Waals surface area contributed by atoms with Crippen LogP contribution < -0.4 is 0 Å². The maximum atomic E-state index is 11.9. The van der Waals surface area contributed by atoms with Crippen LogP contribution in [0.5, 0.6) is 0 Å². The molecule has 3 nitrogen and oxygen atoms in total. The molecule has 1 aromatic carbocycles. The van der Waals surface area contributed by atoms with Gasteiger partial charge in [0.2, 0.25) is 0 Å². The van der Waals surface area contributed by atoms with Crippen LogP contribution in [-0.2, 0) is 22.4 Å². The van der Waals surface area contributed by atoms with Crippen molar-refractivity contribution in [3.63, 3.8) is 0 Å². The van der Waals surface area contributed by atoms with Gasteiger partial charge in [0.05, 0.1) is 12.5 Å². The van der Waals surface area contributed by atoms with Crippen LogP contribution >= 0.6 is 0 Å². The van der Waals surface area contributed by atoms with E-state index in [0.717, 1.165) is 38.8 Å². The lowest BCUT2D eigenvalue weighted by Crippen LogP contribution is -2.45. The van der Waals surface area contributed by atoms with E-state index in [2.05, 4.69) is 29.2 Å². The number of hydrogen-bond donors (Lipinski definition) is 0. The first-order valence-electron chi connectivity index (χ1n) is 7.75. The molecule has 3 heteroatoms. The highest BCUT2D eigenvalue weighted by molar-refractivity contribution is 5.72. The molecular formula is C17H23NO2. The summed E-state index contributed by atoms with van der Waals surface area (Å²) in [6.07, 6.45) is 4.35. The number of piperidine rings is 1. The fourth-order valence-corrected chi connectivity index (χ4v) is 3.58. The second-order valence-corrected chi connectivity index (χ2v) is 5.92. The Labute approximate surface area is 120 Å². The molecule has 1 saturated heterocycles. The van der Waals surface area contributed by atoms with E-state index in [0.29, 0.717) is 12.6 Å². The van der Waals surface area contributed by atoms with Crippen LogP contribution in [0.25, 0.3) is 0 Å². The number of hydrogen-bond acceptors (Lipinski definition) is 3. The molecule has 3 rings (SSSR count). The molecule has 0 N–H and O–H groups in total.